The van der Waals surface area contributed by atoms with Gasteiger partial charge >= 0.3 is 0 Å². The van der Waals surface area contributed by atoms with E-state index in [9.17, 15) is 0 Å². The summed E-state index contributed by atoms with van der Waals surface area (Å²) in [4.78, 5) is 0. The molecule has 0 radical (unpaired) electrons. The molecule has 1 aliphatic heterocycles. The summed E-state index contributed by atoms with van der Waals surface area (Å²) in [7, 11) is 3.83. The van der Waals surface area contributed by atoms with Crippen LogP contribution in [0.3, 0.4) is 0 Å². The molecule has 1 aliphatic rings. The predicted octanol–water partition coefficient (Wildman–Crippen LogP) is 4.23. The molecule has 0 amide bonds. The number of hydrogen-bond acceptors (Lipinski definition) is 3. The van der Waals surface area contributed by atoms with Gasteiger partial charge in [0.05, 0.1) is 0 Å². The van der Waals surface area contributed by atoms with Crippen LogP contribution in [0.2, 0.25) is 0 Å². The molecule has 0 saturated carbocycles. The summed E-state index contributed by atoms with van der Waals surface area (Å²) in [6, 6.07) is 0. The molecule has 1 atom stereocenters. The largest absolute Gasteiger partial charge is 0.396 e. The fraction of sp³-hybridized carbons (Fsp3) is 0.833. The van der Waals surface area contributed by atoms with E-state index in [2.05, 4.69) is 25.3 Å². The highest BCUT2D eigenvalue weighted by Gasteiger charge is 2.15. The molecule has 15 heavy (non-hydrogen) atoms. The smallest absolute Gasteiger partial charge is 0.0482 e. The topological polar surface area (TPSA) is 20.2 Å². The van der Waals surface area contributed by atoms with Crippen molar-refractivity contribution in [2.75, 3.05) is 6.61 Å². The van der Waals surface area contributed by atoms with Crippen molar-refractivity contribution in [1.82, 2.24) is 0 Å². The molecule has 0 aromatic carbocycles. The average Bonchev–Trinajstić information content (AvgIpc) is 2.70. The summed E-state index contributed by atoms with van der Waals surface area (Å²) in [6.07, 6.45) is 8.65. The lowest BCUT2D eigenvalue weighted by molar-refractivity contribution is 0.147. The van der Waals surface area contributed by atoms with Gasteiger partial charge in [-0.2, -0.15) is 0 Å². The molecule has 1 heterocycles. The van der Waals surface area contributed by atoms with Gasteiger partial charge in [-0.25, -0.2) is 0 Å². The highest BCUT2D eigenvalue weighted by molar-refractivity contribution is 8.78. The normalized spacial score (nSPS) is 21.1. The fourth-order valence-corrected chi connectivity index (χ4v) is 3.86. The lowest BCUT2D eigenvalue weighted by Gasteiger charge is -2.21. The third kappa shape index (κ3) is 5.88. The second kappa shape index (κ2) is 6.87. The van der Waals surface area contributed by atoms with Crippen molar-refractivity contribution < 1.29 is 5.11 Å². The Bertz CT molecular complexity index is 202. The van der Waals surface area contributed by atoms with Crippen molar-refractivity contribution in [3.05, 3.63) is 11.5 Å². The number of rotatable bonds is 7. The average molecular weight is 246 g/mol. The third-order valence-electron chi connectivity index (χ3n) is 2.80. The van der Waals surface area contributed by atoms with Crippen LogP contribution in [0, 0.1) is 5.41 Å². The fourth-order valence-electron chi connectivity index (χ4n) is 1.60. The monoisotopic (exact) mass is 246 g/mol. The van der Waals surface area contributed by atoms with Crippen LogP contribution in [0.5, 0.6) is 0 Å². The zero-order valence-electron chi connectivity index (χ0n) is 9.74. The number of aliphatic hydroxyl groups is 1. The Kier molecular flexibility index (Phi) is 6.17. The Morgan fingerprint density at radius 3 is 2.67 bits per heavy atom. The first kappa shape index (κ1) is 13.5. The minimum atomic E-state index is 0.123. The van der Waals surface area contributed by atoms with E-state index in [1.807, 2.05) is 21.6 Å². The van der Waals surface area contributed by atoms with Crippen LogP contribution in [-0.4, -0.2) is 17.0 Å². The van der Waals surface area contributed by atoms with Gasteiger partial charge in [0, 0.05) is 11.9 Å². The molecule has 0 saturated heterocycles. The van der Waals surface area contributed by atoms with Gasteiger partial charge in [0.25, 0.3) is 0 Å². The maximum Gasteiger partial charge on any atom is 0.0482 e. The standard InChI is InChI=1S/C12H22OS2/c1-12(2,10-13)8-5-3-4-6-11-7-9-14-15-11/h7,9,11,13H,3-6,8,10H2,1-2H3. The van der Waals surface area contributed by atoms with Gasteiger partial charge in [-0.3, -0.25) is 0 Å². The van der Waals surface area contributed by atoms with Gasteiger partial charge in [0.1, 0.15) is 0 Å². The zero-order chi connectivity index (χ0) is 11.1. The maximum absolute atomic E-state index is 9.11. The quantitative estimate of drug-likeness (QED) is 0.536. The molecular formula is C12H22OS2. The summed E-state index contributed by atoms with van der Waals surface area (Å²) >= 11 is 0. The van der Waals surface area contributed by atoms with Crippen LogP contribution in [0.1, 0.15) is 46.0 Å². The summed E-state index contributed by atoms with van der Waals surface area (Å²) < 4.78 is 0. The Morgan fingerprint density at radius 1 is 1.27 bits per heavy atom. The van der Waals surface area contributed by atoms with Gasteiger partial charge < -0.3 is 5.11 Å². The molecule has 0 spiro atoms. The Labute approximate surface area is 101 Å². The van der Waals surface area contributed by atoms with E-state index in [0.717, 1.165) is 11.7 Å². The van der Waals surface area contributed by atoms with Crippen LogP contribution in [0.25, 0.3) is 0 Å². The minimum absolute atomic E-state index is 0.123. The van der Waals surface area contributed by atoms with Gasteiger partial charge in [0.15, 0.2) is 0 Å². The number of unbranched alkanes of at least 4 members (excludes halogenated alkanes) is 2. The predicted molar refractivity (Wildman–Crippen MR) is 72.1 cm³/mol. The molecule has 0 bridgehead atoms. The van der Waals surface area contributed by atoms with Crippen LogP contribution >= 0.6 is 21.6 Å². The molecule has 0 fully saturated rings. The first-order valence-electron chi connectivity index (χ1n) is 5.74. The van der Waals surface area contributed by atoms with Crippen molar-refractivity contribution in [3.63, 3.8) is 0 Å². The van der Waals surface area contributed by atoms with Gasteiger partial charge in [0.2, 0.25) is 0 Å². The molecule has 1 N–H and O–H groups in total. The summed E-state index contributed by atoms with van der Waals surface area (Å²) in [5.74, 6) is 0. The Balaban J connectivity index is 1.95. The van der Waals surface area contributed by atoms with Crippen molar-refractivity contribution in [1.29, 1.82) is 0 Å². The molecule has 0 aliphatic carbocycles. The minimum Gasteiger partial charge on any atom is -0.396 e. The van der Waals surface area contributed by atoms with Crippen LogP contribution in [-0.2, 0) is 0 Å². The van der Waals surface area contributed by atoms with Crippen molar-refractivity contribution in [3.8, 4) is 0 Å². The van der Waals surface area contributed by atoms with Crippen LogP contribution < -0.4 is 0 Å². The van der Waals surface area contributed by atoms with Crippen LogP contribution in [0.4, 0.5) is 0 Å². The summed E-state index contributed by atoms with van der Waals surface area (Å²) in [6.45, 7) is 4.59. The highest BCUT2D eigenvalue weighted by Crippen LogP contribution is 2.38. The zero-order valence-corrected chi connectivity index (χ0v) is 11.4. The molecule has 3 heteroatoms. The van der Waals surface area contributed by atoms with E-state index in [4.69, 9.17) is 5.11 Å². The SMILES string of the molecule is CC(C)(CO)CCCCCC1C=CSS1. The molecule has 0 aromatic heterocycles. The van der Waals surface area contributed by atoms with Crippen LogP contribution in [0.15, 0.2) is 11.5 Å². The third-order valence-corrected chi connectivity index (χ3v) is 5.23. The van der Waals surface area contributed by atoms with E-state index in [1.54, 1.807) is 0 Å². The summed E-state index contributed by atoms with van der Waals surface area (Å²) in [5, 5.41) is 12.1. The first-order chi connectivity index (χ1) is 7.14. The first-order valence-corrected chi connectivity index (χ1v) is 8.01. The number of aliphatic hydroxyl groups excluding tert-OH is 1. The van der Waals surface area contributed by atoms with E-state index in [1.165, 1.54) is 25.7 Å². The van der Waals surface area contributed by atoms with Gasteiger partial charge in [-0.05, 0) is 23.7 Å². The van der Waals surface area contributed by atoms with E-state index < -0.39 is 0 Å². The number of hydrogen-bond donors (Lipinski definition) is 1. The lowest BCUT2D eigenvalue weighted by Crippen LogP contribution is -2.16. The molecular weight excluding hydrogens is 224 g/mol. The van der Waals surface area contributed by atoms with Gasteiger partial charge in [-0.15, -0.1) is 0 Å². The van der Waals surface area contributed by atoms with E-state index in [-0.39, 0.29) is 5.41 Å². The summed E-state index contributed by atoms with van der Waals surface area (Å²) in [5.41, 5.74) is 0.123. The maximum atomic E-state index is 9.11. The molecule has 88 valence electrons. The van der Waals surface area contributed by atoms with E-state index in [0.29, 0.717) is 6.61 Å². The van der Waals surface area contributed by atoms with Crippen molar-refractivity contribution in [2.24, 2.45) is 5.41 Å². The molecule has 1 nitrogen and oxygen atoms in total. The van der Waals surface area contributed by atoms with Crippen molar-refractivity contribution in [2.45, 2.75) is 51.2 Å². The Hall–Kier alpha value is 0.400. The Morgan fingerprint density at radius 2 is 2.07 bits per heavy atom. The molecule has 1 unspecified atom stereocenters. The highest BCUT2D eigenvalue weighted by atomic mass is 33.1. The second-order valence-electron chi connectivity index (χ2n) is 4.98. The lowest BCUT2D eigenvalue weighted by atomic mass is 9.88. The van der Waals surface area contributed by atoms with Gasteiger partial charge in [-0.1, -0.05) is 60.8 Å². The van der Waals surface area contributed by atoms with Crippen molar-refractivity contribution >= 4 is 21.6 Å². The second-order valence-corrected chi connectivity index (χ2v) is 7.40. The van der Waals surface area contributed by atoms with E-state index >= 15 is 0 Å². The molecule has 1 rings (SSSR count). The molecule has 0 aromatic rings.